The normalized spacial score (nSPS) is 24.4. The summed E-state index contributed by atoms with van der Waals surface area (Å²) in [4.78, 5) is 13.1. The molecule has 1 N–H and O–H groups in total. The molecule has 1 saturated heterocycles. The molecular formula is C14H17ClFNO2. The van der Waals surface area contributed by atoms with E-state index in [2.05, 4.69) is 0 Å². The van der Waals surface area contributed by atoms with E-state index in [1.807, 2.05) is 11.8 Å². The zero-order valence-electron chi connectivity index (χ0n) is 10.8. The Balaban J connectivity index is 2.16. The minimum atomic E-state index is -0.839. The lowest BCUT2D eigenvalue weighted by Crippen LogP contribution is -2.46. The molecule has 1 aliphatic heterocycles. The zero-order chi connectivity index (χ0) is 14.0. The lowest BCUT2D eigenvalue weighted by atomic mass is 9.92. The molecule has 1 aromatic rings. The van der Waals surface area contributed by atoms with Gasteiger partial charge in [-0.2, -0.15) is 0 Å². The summed E-state index contributed by atoms with van der Waals surface area (Å²) in [6, 6.07) is 3.84. The van der Waals surface area contributed by atoms with Gasteiger partial charge < -0.3 is 5.11 Å². The summed E-state index contributed by atoms with van der Waals surface area (Å²) in [5.74, 6) is -0.789. The van der Waals surface area contributed by atoms with E-state index in [1.165, 1.54) is 12.1 Å². The molecule has 0 spiro atoms. The molecular weight excluding hydrogens is 269 g/mol. The number of rotatable bonds is 3. The second-order valence-corrected chi connectivity index (χ2v) is 5.63. The molecule has 2 unspecified atom stereocenters. The van der Waals surface area contributed by atoms with E-state index in [-0.39, 0.29) is 12.4 Å². The monoisotopic (exact) mass is 285 g/mol. The fourth-order valence-corrected chi connectivity index (χ4v) is 2.71. The van der Waals surface area contributed by atoms with Crippen LogP contribution in [0.25, 0.3) is 0 Å². The van der Waals surface area contributed by atoms with Crippen molar-refractivity contribution in [3.05, 3.63) is 34.6 Å². The van der Waals surface area contributed by atoms with Gasteiger partial charge in [0.15, 0.2) is 0 Å². The number of halogens is 2. The highest BCUT2D eigenvalue weighted by Crippen LogP contribution is 2.26. The fraction of sp³-hybridized carbons (Fsp3) is 0.500. The first-order valence-electron chi connectivity index (χ1n) is 6.38. The van der Waals surface area contributed by atoms with Crippen LogP contribution in [0.15, 0.2) is 18.2 Å². The van der Waals surface area contributed by atoms with Gasteiger partial charge >= 0.3 is 5.97 Å². The maximum Gasteiger partial charge on any atom is 0.320 e. The number of carboxylic acid groups (broad SMARTS) is 1. The van der Waals surface area contributed by atoms with Gasteiger partial charge in [0.1, 0.15) is 11.9 Å². The van der Waals surface area contributed by atoms with Gasteiger partial charge in [0, 0.05) is 17.1 Å². The molecule has 0 amide bonds. The molecule has 2 rings (SSSR count). The van der Waals surface area contributed by atoms with E-state index in [0.29, 0.717) is 29.5 Å². The first-order valence-corrected chi connectivity index (χ1v) is 6.76. The van der Waals surface area contributed by atoms with Crippen LogP contribution in [0.5, 0.6) is 0 Å². The third kappa shape index (κ3) is 3.45. The summed E-state index contributed by atoms with van der Waals surface area (Å²) in [5.41, 5.74) is 0.452. The Kier molecular flexibility index (Phi) is 4.42. The van der Waals surface area contributed by atoms with Gasteiger partial charge in [0.2, 0.25) is 0 Å². The van der Waals surface area contributed by atoms with Crippen LogP contribution in [0.1, 0.15) is 25.3 Å². The summed E-state index contributed by atoms with van der Waals surface area (Å²) >= 11 is 5.86. The number of aliphatic carboxylic acids is 1. The third-order valence-electron chi connectivity index (χ3n) is 3.64. The Bertz CT molecular complexity index is 481. The maximum atomic E-state index is 13.7. The van der Waals surface area contributed by atoms with Crippen molar-refractivity contribution in [1.82, 2.24) is 4.90 Å². The smallest absolute Gasteiger partial charge is 0.320 e. The lowest BCUT2D eigenvalue weighted by Gasteiger charge is -2.36. The Morgan fingerprint density at radius 1 is 1.58 bits per heavy atom. The van der Waals surface area contributed by atoms with Crippen molar-refractivity contribution < 1.29 is 14.3 Å². The van der Waals surface area contributed by atoms with E-state index in [0.717, 1.165) is 6.42 Å². The molecule has 19 heavy (non-hydrogen) atoms. The SMILES string of the molecule is CC1CCN(Cc2cc(Cl)ccc2F)C(C(=O)O)C1. The second kappa shape index (κ2) is 5.88. The number of nitrogens with zero attached hydrogens (tertiary/aromatic N) is 1. The quantitative estimate of drug-likeness (QED) is 0.927. The van der Waals surface area contributed by atoms with Crippen LogP contribution in [-0.4, -0.2) is 28.6 Å². The molecule has 104 valence electrons. The fourth-order valence-electron chi connectivity index (χ4n) is 2.52. The predicted octanol–water partition coefficient (Wildman–Crippen LogP) is 3.16. The second-order valence-electron chi connectivity index (χ2n) is 5.19. The first kappa shape index (κ1) is 14.3. The Morgan fingerprint density at radius 2 is 2.32 bits per heavy atom. The summed E-state index contributed by atoms with van der Waals surface area (Å²) in [6.07, 6.45) is 1.55. The number of benzene rings is 1. The van der Waals surface area contributed by atoms with Gasteiger partial charge in [-0.25, -0.2) is 4.39 Å². The zero-order valence-corrected chi connectivity index (χ0v) is 11.5. The van der Waals surface area contributed by atoms with Crippen LogP contribution in [0.3, 0.4) is 0 Å². The Morgan fingerprint density at radius 3 is 3.00 bits per heavy atom. The number of hydrogen-bond acceptors (Lipinski definition) is 2. The van der Waals surface area contributed by atoms with Gasteiger partial charge in [-0.15, -0.1) is 0 Å². The van der Waals surface area contributed by atoms with Crippen molar-refractivity contribution in [2.75, 3.05) is 6.54 Å². The van der Waals surface area contributed by atoms with E-state index < -0.39 is 12.0 Å². The number of carbonyl (C=O) groups is 1. The summed E-state index contributed by atoms with van der Waals surface area (Å²) in [7, 11) is 0. The van der Waals surface area contributed by atoms with E-state index in [1.54, 1.807) is 6.07 Å². The highest BCUT2D eigenvalue weighted by molar-refractivity contribution is 6.30. The Labute approximate surface area is 117 Å². The van der Waals surface area contributed by atoms with E-state index in [9.17, 15) is 14.3 Å². The lowest BCUT2D eigenvalue weighted by molar-refractivity contribution is -0.145. The van der Waals surface area contributed by atoms with Crippen LogP contribution in [0.2, 0.25) is 5.02 Å². The molecule has 5 heteroatoms. The van der Waals surface area contributed by atoms with Crippen LogP contribution in [-0.2, 0) is 11.3 Å². The Hall–Kier alpha value is -1.13. The molecule has 0 aliphatic carbocycles. The highest BCUT2D eigenvalue weighted by atomic mass is 35.5. The predicted molar refractivity (Wildman–Crippen MR) is 71.6 cm³/mol. The van der Waals surface area contributed by atoms with Gasteiger partial charge in [-0.05, 0) is 43.5 Å². The minimum absolute atomic E-state index is 0.288. The third-order valence-corrected chi connectivity index (χ3v) is 3.88. The molecule has 0 bridgehead atoms. The molecule has 2 atom stereocenters. The maximum absolute atomic E-state index is 13.7. The number of carboxylic acids is 1. The van der Waals surface area contributed by atoms with Crippen molar-refractivity contribution >= 4 is 17.6 Å². The van der Waals surface area contributed by atoms with Gasteiger partial charge in [0.05, 0.1) is 0 Å². The van der Waals surface area contributed by atoms with Gasteiger partial charge in [-0.1, -0.05) is 18.5 Å². The summed E-state index contributed by atoms with van der Waals surface area (Å²) in [6.45, 7) is 3.01. The average molecular weight is 286 g/mol. The summed E-state index contributed by atoms with van der Waals surface area (Å²) < 4.78 is 13.7. The minimum Gasteiger partial charge on any atom is -0.480 e. The number of likely N-dealkylation sites (tertiary alicyclic amines) is 1. The van der Waals surface area contributed by atoms with Crippen molar-refractivity contribution in [1.29, 1.82) is 0 Å². The van der Waals surface area contributed by atoms with Crippen LogP contribution < -0.4 is 0 Å². The highest BCUT2D eigenvalue weighted by Gasteiger charge is 2.31. The molecule has 1 heterocycles. The molecule has 0 radical (unpaired) electrons. The van der Waals surface area contributed by atoms with Crippen LogP contribution >= 0.6 is 11.6 Å². The van der Waals surface area contributed by atoms with Crippen LogP contribution in [0, 0.1) is 11.7 Å². The molecule has 1 aromatic carbocycles. The molecule has 3 nitrogen and oxygen atoms in total. The van der Waals surface area contributed by atoms with Crippen LogP contribution in [0.4, 0.5) is 4.39 Å². The molecule has 0 aromatic heterocycles. The number of hydrogen-bond donors (Lipinski definition) is 1. The molecule has 0 saturated carbocycles. The van der Waals surface area contributed by atoms with Crippen molar-refractivity contribution in [3.8, 4) is 0 Å². The number of piperidine rings is 1. The molecule has 1 aliphatic rings. The average Bonchev–Trinajstić information content (AvgIpc) is 2.35. The van der Waals surface area contributed by atoms with Crippen molar-refractivity contribution in [2.24, 2.45) is 5.92 Å². The van der Waals surface area contributed by atoms with Crippen molar-refractivity contribution in [3.63, 3.8) is 0 Å². The standard InChI is InChI=1S/C14H17ClFNO2/c1-9-4-5-17(13(6-9)14(18)19)8-10-7-11(15)2-3-12(10)16/h2-3,7,9,13H,4-6,8H2,1H3,(H,18,19). The largest absolute Gasteiger partial charge is 0.480 e. The van der Waals surface area contributed by atoms with Crippen molar-refractivity contribution in [2.45, 2.75) is 32.4 Å². The molecule has 1 fully saturated rings. The first-order chi connectivity index (χ1) is 8.97. The van der Waals surface area contributed by atoms with Gasteiger partial charge in [-0.3, -0.25) is 9.69 Å². The van der Waals surface area contributed by atoms with Gasteiger partial charge in [0.25, 0.3) is 0 Å². The van der Waals surface area contributed by atoms with E-state index in [4.69, 9.17) is 11.6 Å². The topological polar surface area (TPSA) is 40.5 Å². The van der Waals surface area contributed by atoms with E-state index >= 15 is 0 Å². The summed E-state index contributed by atoms with van der Waals surface area (Å²) in [5, 5.41) is 9.73.